The first kappa shape index (κ1) is 13.3. The summed E-state index contributed by atoms with van der Waals surface area (Å²) in [6.07, 6.45) is 1.56. The summed E-state index contributed by atoms with van der Waals surface area (Å²) in [6, 6.07) is 6.92. The Morgan fingerprint density at radius 3 is 2.67 bits per heavy atom. The minimum atomic E-state index is -2.47. The lowest BCUT2D eigenvalue weighted by Gasteiger charge is -2.29. The van der Waals surface area contributed by atoms with Gasteiger partial charge in [0, 0.05) is 19.4 Å². The van der Waals surface area contributed by atoms with Gasteiger partial charge in [-0.05, 0) is 43.0 Å². The van der Waals surface area contributed by atoms with Crippen molar-refractivity contribution >= 4 is 0 Å². The summed E-state index contributed by atoms with van der Waals surface area (Å²) in [6.45, 7) is 1.29. The van der Waals surface area contributed by atoms with Crippen molar-refractivity contribution in [1.29, 1.82) is 0 Å². The van der Waals surface area contributed by atoms with Crippen LogP contribution < -0.4 is 5.32 Å². The molecule has 1 aromatic rings. The van der Waals surface area contributed by atoms with Crippen LogP contribution in [0.4, 0.5) is 8.78 Å². The monoisotopic (exact) mass is 255 g/mol. The number of halogens is 2. The molecule has 0 bridgehead atoms. The van der Waals surface area contributed by atoms with E-state index in [4.69, 9.17) is 5.11 Å². The maximum Gasteiger partial charge on any atom is 0.248 e. The molecule has 0 spiro atoms. The highest BCUT2D eigenvalue weighted by molar-refractivity contribution is 5.25. The quantitative estimate of drug-likeness (QED) is 0.865. The Balaban J connectivity index is 1.73. The molecule has 2 rings (SSSR count). The minimum Gasteiger partial charge on any atom is -0.508 e. The standard InChI is InChI=1S/C14H19F2NO/c15-14(16)7-1-2-12(8-14)10-17-9-11-3-5-13(18)6-4-11/h3-6,12,17-18H,1-2,7-10H2. The molecule has 4 heteroatoms. The van der Waals surface area contributed by atoms with Gasteiger partial charge in [-0.3, -0.25) is 0 Å². The van der Waals surface area contributed by atoms with Gasteiger partial charge >= 0.3 is 0 Å². The second kappa shape index (κ2) is 5.65. The van der Waals surface area contributed by atoms with Crippen molar-refractivity contribution in [3.05, 3.63) is 29.8 Å². The Morgan fingerprint density at radius 1 is 1.28 bits per heavy atom. The Kier molecular flexibility index (Phi) is 4.17. The summed E-state index contributed by atoms with van der Waals surface area (Å²) in [5.74, 6) is -2.15. The van der Waals surface area contributed by atoms with E-state index in [9.17, 15) is 8.78 Å². The zero-order valence-electron chi connectivity index (χ0n) is 10.3. The second-order valence-electron chi connectivity index (χ2n) is 5.12. The van der Waals surface area contributed by atoms with Crippen LogP contribution in [0.15, 0.2) is 24.3 Å². The van der Waals surface area contributed by atoms with Gasteiger partial charge < -0.3 is 10.4 Å². The van der Waals surface area contributed by atoms with E-state index in [1.54, 1.807) is 12.1 Å². The molecule has 1 atom stereocenters. The van der Waals surface area contributed by atoms with E-state index < -0.39 is 5.92 Å². The Bertz CT molecular complexity index is 378. The third kappa shape index (κ3) is 3.95. The molecule has 1 unspecified atom stereocenters. The molecule has 100 valence electrons. The molecule has 0 heterocycles. The van der Waals surface area contributed by atoms with Gasteiger partial charge in [0.1, 0.15) is 5.75 Å². The zero-order chi connectivity index (χ0) is 13.0. The molecule has 0 saturated heterocycles. The van der Waals surface area contributed by atoms with Crippen LogP contribution in [0.5, 0.6) is 5.75 Å². The summed E-state index contributed by atoms with van der Waals surface area (Å²) in [5, 5.41) is 12.4. The molecule has 2 nitrogen and oxygen atoms in total. The Hall–Kier alpha value is -1.16. The van der Waals surface area contributed by atoms with Gasteiger partial charge in [0.25, 0.3) is 0 Å². The van der Waals surface area contributed by atoms with Gasteiger partial charge in [-0.2, -0.15) is 0 Å². The molecule has 0 aromatic heterocycles. The molecule has 1 fully saturated rings. The lowest BCUT2D eigenvalue weighted by molar-refractivity contribution is -0.0520. The maximum absolute atomic E-state index is 13.2. The first-order valence-electron chi connectivity index (χ1n) is 6.42. The smallest absolute Gasteiger partial charge is 0.248 e. The van der Waals surface area contributed by atoms with Crippen molar-refractivity contribution in [2.45, 2.75) is 38.2 Å². The minimum absolute atomic E-state index is 0.00950. The fourth-order valence-electron chi connectivity index (χ4n) is 2.48. The summed E-state index contributed by atoms with van der Waals surface area (Å²) < 4.78 is 26.4. The second-order valence-corrected chi connectivity index (χ2v) is 5.12. The number of phenols is 1. The molecule has 0 amide bonds. The van der Waals surface area contributed by atoms with Crippen molar-refractivity contribution in [2.24, 2.45) is 5.92 Å². The Morgan fingerprint density at radius 2 is 2.00 bits per heavy atom. The molecule has 0 aliphatic heterocycles. The summed E-state index contributed by atoms with van der Waals surface area (Å²) in [7, 11) is 0. The number of aromatic hydroxyl groups is 1. The first-order valence-corrected chi connectivity index (χ1v) is 6.42. The van der Waals surface area contributed by atoms with Crippen LogP contribution in [0, 0.1) is 5.92 Å². The van der Waals surface area contributed by atoms with E-state index in [-0.39, 0.29) is 24.5 Å². The van der Waals surface area contributed by atoms with Crippen LogP contribution in [0.25, 0.3) is 0 Å². The normalized spacial score (nSPS) is 22.9. The van der Waals surface area contributed by atoms with E-state index >= 15 is 0 Å². The molecule has 1 aromatic carbocycles. The van der Waals surface area contributed by atoms with Crippen LogP contribution in [0.3, 0.4) is 0 Å². The van der Waals surface area contributed by atoms with E-state index in [1.807, 2.05) is 12.1 Å². The van der Waals surface area contributed by atoms with Gasteiger partial charge in [-0.1, -0.05) is 12.1 Å². The fourth-order valence-corrected chi connectivity index (χ4v) is 2.48. The lowest BCUT2D eigenvalue weighted by Crippen LogP contribution is -2.32. The number of rotatable bonds is 4. The van der Waals surface area contributed by atoms with Crippen LogP contribution >= 0.6 is 0 Å². The largest absolute Gasteiger partial charge is 0.508 e. The van der Waals surface area contributed by atoms with E-state index in [0.717, 1.165) is 12.0 Å². The van der Waals surface area contributed by atoms with Crippen molar-refractivity contribution in [2.75, 3.05) is 6.54 Å². The third-order valence-corrected chi connectivity index (χ3v) is 3.44. The van der Waals surface area contributed by atoms with Crippen LogP contribution in [0.2, 0.25) is 0 Å². The van der Waals surface area contributed by atoms with Crippen molar-refractivity contribution in [3.63, 3.8) is 0 Å². The number of benzene rings is 1. The predicted molar refractivity (Wildman–Crippen MR) is 66.7 cm³/mol. The molecule has 1 saturated carbocycles. The Labute approximate surface area is 106 Å². The molecule has 1 aliphatic rings. The third-order valence-electron chi connectivity index (χ3n) is 3.44. The van der Waals surface area contributed by atoms with Gasteiger partial charge in [0.2, 0.25) is 5.92 Å². The van der Waals surface area contributed by atoms with Crippen LogP contribution in [-0.2, 0) is 6.54 Å². The summed E-state index contributed by atoms with van der Waals surface area (Å²) in [5.41, 5.74) is 1.05. The summed E-state index contributed by atoms with van der Waals surface area (Å²) >= 11 is 0. The topological polar surface area (TPSA) is 32.3 Å². The molecule has 18 heavy (non-hydrogen) atoms. The average Bonchev–Trinajstić information content (AvgIpc) is 2.30. The molecular formula is C14H19F2NO. The van der Waals surface area contributed by atoms with Crippen LogP contribution in [-0.4, -0.2) is 17.6 Å². The van der Waals surface area contributed by atoms with Gasteiger partial charge in [-0.15, -0.1) is 0 Å². The molecular weight excluding hydrogens is 236 g/mol. The number of hydrogen-bond acceptors (Lipinski definition) is 2. The number of alkyl halides is 2. The van der Waals surface area contributed by atoms with E-state index in [1.165, 1.54) is 0 Å². The highest BCUT2D eigenvalue weighted by Crippen LogP contribution is 2.36. The highest BCUT2D eigenvalue weighted by atomic mass is 19.3. The predicted octanol–water partition coefficient (Wildman–Crippen LogP) is 3.31. The van der Waals surface area contributed by atoms with Crippen molar-refractivity contribution in [3.8, 4) is 5.75 Å². The number of nitrogens with one attached hydrogen (secondary N) is 1. The average molecular weight is 255 g/mol. The molecule has 0 radical (unpaired) electrons. The van der Waals surface area contributed by atoms with Crippen molar-refractivity contribution in [1.82, 2.24) is 5.32 Å². The van der Waals surface area contributed by atoms with Crippen molar-refractivity contribution < 1.29 is 13.9 Å². The fraction of sp³-hybridized carbons (Fsp3) is 0.571. The van der Waals surface area contributed by atoms with Gasteiger partial charge in [0.15, 0.2) is 0 Å². The maximum atomic E-state index is 13.2. The SMILES string of the molecule is Oc1ccc(CNCC2CCCC(F)(F)C2)cc1. The lowest BCUT2D eigenvalue weighted by atomic mass is 9.86. The highest BCUT2D eigenvalue weighted by Gasteiger charge is 2.35. The van der Waals surface area contributed by atoms with Gasteiger partial charge in [-0.25, -0.2) is 8.78 Å². The number of phenolic OH excluding ortho intramolecular Hbond substituents is 1. The molecule has 1 aliphatic carbocycles. The van der Waals surface area contributed by atoms with Crippen LogP contribution in [0.1, 0.15) is 31.2 Å². The summed E-state index contributed by atoms with van der Waals surface area (Å²) in [4.78, 5) is 0. The van der Waals surface area contributed by atoms with Gasteiger partial charge in [0.05, 0.1) is 0 Å². The zero-order valence-corrected chi connectivity index (χ0v) is 10.3. The molecule has 2 N–H and O–H groups in total. The van der Waals surface area contributed by atoms with E-state index in [0.29, 0.717) is 19.5 Å². The van der Waals surface area contributed by atoms with E-state index in [2.05, 4.69) is 5.32 Å². The first-order chi connectivity index (χ1) is 8.55. The number of hydrogen-bond donors (Lipinski definition) is 2.